The fraction of sp³-hybridized carbons (Fsp3) is 0.143. The van der Waals surface area contributed by atoms with Crippen molar-refractivity contribution in [2.45, 2.75) is 19.0 Å². The summed E-state index contributed by atoms with van der Waals surface area (Å²) in [5.74, 6) is 0.606. The molecule has 1 atom stereocenters. The first kappa shape index (κ1) is 22.6. The highest BCUT2D eigenvalue weighted by Crippen LogP contribution is 2.35. The zero-order chi connectivity index (χ0) is 24.4. The molecule has 0 saturated carbocycles. The van der Waals surface area contributed by atoms with Crippen molar-refractivity contribution < 1.29 is 9.53 Å². The topological polar surface area (TPSA) is 79.1 Å². The highest BCUT2D eigenvalue weighted by atomic mass is 32.2. The molecule has 0 radical (unpaired) electrons. The van der Waals surface area contributed by atoms with Gasteiger partial charge in [-0.25, -0.2) is 0 Å². The molecule has 3 aromatic carbocycles. The summed E-state index contributed by atoms with van der Waals surface area (Å²) in [6.07, 6.45) is 3.98. The average molecular weight is 481 g/mol. The summed E-state index contributed by atoms with van der Waals surface area (Å²) >= 11 is 1.44. The molecular formula is C28H24N4O2S. The predicted octanol–water partition coefficient (Wildman–Crippen LogP) is 5.48. The minimum atomic E-state index is -0.305. The van der Waals surface area contributed by atoms with E-state index >= 15 is 0 Å². The molecular weight excluding hydrogens is 456 g/mol. The summed E-state index contributed by atoms with van der Waals surface area (Å²) in [5.41, 5.74) is 5.26. The van der Waals surface area contributed by atoms with Crippen molar-refractivity contribution in [2.75, 3.05) is 12.4 Å². The number of thioether (sulfide) groups is 1. The quantitative estimate of drug-likeness (QED) is 0.358. The molecule has 7 heteroatoms. The molecule has 0 spiro atoms. The standard InChI is InChI=1S/C28H24N4O2S/c1-18-11-12-25(34-2)23(13-18)30-28-31-27(33)26(35-28)14-21-17-32(24-10-6-5-9-22(21)24)16-20-8-4-3-7-19(20)15-29/h3-14,17,28,30H,16H2,1-2H3,(H,31,33)/b26-14-. The SMILES string of the molecule is COc1ccc(C)cc1NC1NC(=O)/C(=C/c2cn(Cc3ccccc3C#N)c3ccccc23)S1. The van der Waals surface area contributed by atoms with E-state index in [0.717, 1.165) is 39.0 Å². The molecule has 2 N–H and O–H groups in total. The summed E-state index contributed by atoms with van der Waals surface area (Å²) in [5, 5.41) is 16.9. The Labute approximate surface area is 208 Å². The van der Waals surface area contributed by atoms with E-state index in [1.165, 1.54) is 11.8 Å². The lowest BCUT2D eigenvalue weighted by atomic mass is 10.1. The van der Waals surface area contributed by atoms with Crippen LogP contribution in [0.5, 0.6) is 5.75 Å². The molecule has 1 aliphatic heterocycles. The van der Waals surface area contributed by atoms with Crippen LogP contribution in [0.4, 0.5) is 5.69 Å². The predicted molar refractivity (Wildman–Crippen MR) is 141 cm³/mol. The molecule has 2 heterocycles. The number of hydrogen-bond donors (Lipinski definition) is 2. The number of amides is 1. The number of nitrogens with one attached hydrogen (secondary N) is 2. The minimum Gasteiger partial charge on any atom is -0.495 e. The van der Waals surface area contributed by atoms with Gasteiger partial charge >= 0.3 is 0 Å². The molecule has 0 bridgehead atoms. The third-order valence-electron chi connectivity index (χ3n) is 5.96. The first-order chi connectivity index (χ1) is 17.1. The lowest BCUT2D eigenvalue weighted by Gasteiger charge is -2.16. The third kappa shape index (κ3) is 4.61. The van der Waals surface area contributed by atoms with Crippen molar-refractivity contribution in [1.29, 1.82) is 5.26 Å². The van der Waals surface area contributed by atoms with Crippen molar-refractivity contribution in [3.05, 3.63) is 100 Å². The van der Waals surface area contributed by atoms with Crippen LogP contribution in [0.25, 0.3) is 17.0 Å². The Kier molecular flexibility index (Phi) is 6.21. The van der Waals surface area contributed by atoms with Gasteiger partial charge in [0.2, 0.25) is 0 Å². The van der Waals surface area contributed by atoms with Gasteiger partial charge in [0.05, 0.1) is 29.3 Å². The Bertz CT molecular complexity index is 1500. The molecule has 1 unspecified atom stereocenters. The van der Waals surface area contributed by atoms with E-state index in [1.54, 1.807) is 7.11 Å². The first-order valence-corrected chi connectivity index (χ1v) is 12.1. The van der Waals surface area contributed by atoms with Crippen molar-refractivity contribution >= 4 is 40.3 Å². The summed E-state index contributed by atoms with van der Waals surface area (Å²) in [7, 11) is 1.63. The number of aromatic nitrogens is 1. The Balaban J connectivity index is 1.44. The van der Waals surface area contributed by atoms with Crippen LogP contribution in [0.15, 0.2) is 77.8 Å². The first-order valence-electron chi connectivity index (χ1n) is 11.2. The van der Waals surface area contributed by atoms with E-state index < -0.39 is 0 Å². The molecule has 35 heavy (non-hydrogen) atoms. The van der Waals surface area contributed by atoms with Crippen LogP contribution in [0.3, 0.4) is 0 Å². The van der Waals surface area contributed by atoms with Gasteiger partial charge in [-0.15, -0.1) is 0 Å². The minimum absolute atomic E-state index is 0.120. The monoisotopic (exact) mass is 480 g/mol. The van der Waals surface area contributed by atoms with Gasteiger partial charge in [-0.3, -0.25) is 4.79 Å². The van der Waals surface area contributed by atoms with Crippen LogP contribution in [-0.4, -0.2) is 23.1 Å². The molecule has 1 aliphatic rings. The lowest BCUT2D eigenvalue weighted by molar-refractivity contribution is -0.116. The number of ether oxygens (including phenoxy) is 1. The van der Waals surface area contributed by atoms with Crippen LogP contribution < -0.4 is 15.4 Å². The Morgan fingerprint density at radius 2 is 1.97 bits per heavy atom. The van der Waals surface area contributed by atoms with Gasteiger partial charge in [-0.2, -0.15) is 5.26 Å². The van der Waals surface area contributed by atoms with Gasteiger partial charge in [0.15, 0.2) is 5.50 Å². The average Bonchev–Trinajstić information content (AvgIpc) is 3.39. The Morgan fingerprint density at radius 3 is 2.80 bits per heavy atom. The second-order valence-electron chi connectivity index (χ2n) is 8.33. The van der Waals surface area contributed by atoms with Gasteiger partial charge in [0.25, 0.3) is 5.91 Å². The molecule has 174 valence electrons. The number of carbonyl (C=O) groups is 1. The molecule has 0 aliphatic carbocycles. The van der Waals surface area contributed by atoms with Gasteiger partial charge in [0, 0.05) is 29.2 Å². The number of nitriles is 1. The van der Waals surface area contributed by atoms with E-state index in [1.807, 2.05) is 73.8 Å². The van der Waals surface area contributed by atoms with Gasteiger partial charge in [0.1, 0.15) is 5.75 Å². The molecule has 1 aromatic heterocycles. The largest absolute Gasteiger partial charge is 0.495 e. The molecule has 6 nitrogen and oxygen atoms in total. The number of rotatable bonds is 6. The van der Waals surface area contributed by atoms with Crippen LogP contribution in [0.1, 0.15) is 22.3 Å². The van der Waals surface area contributed by atoms with Gasteiger partial charge < -0.3 is 19.9 Å². The van der Waals surface area contributed by atoms with Crippen LogP contribution in [0, 0.1) is 18.3 Å². The number of benzene rings is 3. The number of anilines is 1. The highest BCUT2D eigenvalue weighted by molar-refractivity contribution is 8.05. The maximum Gasteiger partial charge on any atom is 0.260 e. The molecule has 1 amide bonds. The number of hydrogen-bond acceptors (Lipinski definition) is 5. The Hall–Kier alpha value is -4.15. The normalized spacial score (nSPS) is 16.3. The van der Waals surface area contributed by atoms with Crippen molar-refractivity contribution in [3.8, 4) is 11.8 Å². The zero-order valence-corrected chi connectivity index (χ0v) is 20.2. The molecule has 1 saturated heterocycles. The van der Waals surface area contributed by atoms with Crippen molar-refractivity contribution in [1.82, 2.24) is 9.88 Å². The summed E-state index contributed by atoms with van der Waals surface area (Å²) < 4.78 is 7.58. The number of fused-ring (bicyclic) bond motifs is 1. The smallest absolute Gasteiger partial charge is 0.260 e. The number of nitrogens with zero attached hydrogens (tertiary/aromatic N) is 2. The number of aryl methyl sites for hydroxylation is 1. The number of para-hydroxylation sites is 1. The van der Waals surface area contributed by atoms with Gasteiger partial charge in [-0.05, 0) is 48.4 Å². The molecule has 5 rings (SSSR count). The highest BCUT2D eigenvalue weighted by Gasteiger charge is 2.28. The summed E-state index contributed by atoms with van der Waals surface area (Å²) in [6, 6.07) is 23.9. The number of carbonyl (C=O) groups excluding carboxylic acids is 1. The molecule has 4 aromatic rings. The number of methoxy groups -OCH3 is 1. The fourth-order valence-corrected chi connectivity index (χ4v) is 5.22. The van der Waals surface area contributed by atoms with Crippen molar-refractivity contribution in [2.24, 2.45) is 0 Å². The summed E-state index contributed by atoms with van der Waals surface area (Å²) in [4.78, 5) is 13.4. The zero-order valence-electron chi connectivity index (χ0n) is 19.4. The Morgan fingerprint density at radius 1 is 1.17 bits per heavy atom. The third-order valence-corrected chi connectivity index (χ3v) is 6.99. The van der Waals surface area contributed by atoms with Crippen LogP contribution in [-0.2, 0) is 11.3 Å². The maximum absolute atomic E-state index is 12.8. The van der Waals surface area contributed by atoms with E-state index in [4.69, 9.17) is 4.74 Å². The van der Waals surface area contributed by atoms with E-state index in [-0.39, 0.29) is 11.4 Å². The molecule has 1 fully saturated rings. The second kappa shape index (κ2) is 9.61. The van der Waals surface area contributed by atoms with Crippen molar-refractivity contribution in [3.63, 3.8) is 0 Å². The van der Waals surface area contributed by atoms with Crippen LogP contribution in [0.2, 0.25) is 0 Å². The summed E-state index contributed by atoms with van der Waals surface area (Å²) in [6.45, 7) is 2.59. The van der Waals surface area contributed by atoms with Crippen LogP contribution >= 0.6 is 11.8 Å². The van der Waals surface area contributed by atoms with E-state index in [9.17, 15) is 10.1 Å². The van der Waals surface area contributed by atoms with Gasteiger partial charge in [-0.1, -0.05) is 54.2 Å². The fourth-order valence-electron chi connectivity index (χ4n) is 4.25. The van der Waals surface area contributed by atoms with E-state index in [0.29, 0.717) is 17.0 Å². The lowest BCUT2D eigenvalue weighted by Crippen LogP contribution is -2.31. The second-order valence-corrected chi connectivity index (χ2v) is 9.47. The van der Waals surface area contributed by atoms with E-state index in [2.05, 4.69) is 33.4 Å². The maximum atomic E-state index is 12.8.